The smallest absolute Gasteiger partial charge is 0.243 e. The summed E-state index contributed by atoms with van der Waals surface area (Å²) in [5, 5.41) is 2.79. The molecular formula is C23H30FN3O5S. The molecule has 1 amide bonds. The highest BCUT2D eigenvalue weighted by Crippen LogP contribution is 2.24. The molecule has 1 aliphatic rings. The maximum Gasteiger partial charge on any atom is 0.243 e. The third kappa shape index (κ3) is 6.29. The zero-order valence-electron chi connectivity index (χ0n) is 19.1. The third-order valence-corrected chi connectivity index (χ3v) is 7.66. The SMILES string of the molecule is Cc1ccc(NC(=O)[C@H](C)N(C)CCOc2ccccc2F)cc1S(=O)(=O)N1CCOCC1. The Morgan fingerprint density at radius 2 is 1.94 bits per heavy atom. The second-order valence-electron chi connectivity index (χ2n) is 7.92. The number of sulfonamides is 1. The number of morpholine rings is 1. The lowest BCUT2D eigenvalue weighted by Gasteiger charge is -2.27. The van der Waals surface area contributed by atoms with Gasteiger partial charge in [0.2, 0.25) is 15.9 Å². The number of benzene rings is 2. The van der Waals surface area contributed by atoms with Crippen LogP contribution in [0.1, 0.15) is 12.5 Å². The highest BCUT2D eigenvalue weighted by Gasteiger charge is 2.28. The Hall–Kier alpha value is -2.53. The molecule has 1 heterocycles. The Bertz CT molecular complexity index is 1070. The number of carbonyl (C=O) groups excluding carboxylic acids is 1. The first-order valence-electron chi connectivity index (χ1n) is 10.8. The summed E-state index contributed by atoms with van der Waals surface area (Å²) in [6.07, 6.45) is 0. The average molecular weight is 480 g/mol. The zero-order valence-corrected chi connectivity index (χ0v) is 19.9. The van der Waals surface area contributed by atoms with Gasteiger partial charge in [0.1, 0.15) is 6.61 Å². The number of halogens is 1. The van der Waals surface area contributed by atoms with Crippen molar-refractivity contribution in [3.05, 3.63) is 53.8 Å². The Morgan fingerprint density at radius 3 is 2.64 bits per heavy atom. The molecule has 2 aromatic rings. The van der Waals surface area contributed by atoms with Gasteiger partial charge in [0, 0.05) is 25.3 Å². The van der Waals surface area contributed by atoms with Crippen LogP contribution in [-0.4, -0.2) is 76.1 Å². The van der Waals surface area contributed by atoms with E-state index in [0.717, 1.165) is 0 Å². The fourth-order valence-electron chi connectivity index (χ4n) is 3.38. The Labute approximate surface area is 194 Å². The van der Waals surface area contributed by atoms with Crippen molar-refractivity contribution < 1.29 is 27.1 Å². The summed E-state index contributed by atoms with van der Waals surface area (Å²) in [4.78, 5) is 14.7. The molecule has 2 aromatic carbocycles. The van der Waals surface area contributed by atoms with Crippen LogP contribution in [0.25, 0.3) is 0 Å². The largest absolute Gasteiger partial charge is 0.489 e. The van der Waals surface area contributed by atoms with Crippen LogP contribution in [0.15, 0.2) is 47.4 Å². The predicted octanol–water partition coefficient (Wildman–Crippen LogP) is 2.49. The maximum absolute atomic E-state index is 13.7. The number of likely N-dealkylation sites (N-methyl/N-ethyl adjacent to an activating group) is 1. The monoisotopic (exact) mass is 479 g/mol. The van der Waals surface area contributed by atoms with Gasteiger partial charge in [-0.05, 0) is 50.7 Å². The number of para-hydroxylation sites is 1. The molecule has 0 radical (unpaired) electrons. The first kappa shape index (κ1) is 25.1. The molecule has 0 aliphatic carbocycles. The number of rotatable bonds is 9. The molecule has 1 atom stereocenters. The summed E-state index contributed by atoms with van der Waals surface area (Å²) in [5.74, 6) is -0.563. The molecule has 3 rings (SSSR count). The average Bonchev–Trinajstić information content (AvgIpc) is 2.81. The maximum atomic E-state index is 13.7. The number of amides is 1. The van der Waals surface area contributed by atoms with Gasteiger partial charge >= 0.3 is 0 Å². The molecule has 1 N–H and O–H groups in total. The molecule has 10 heteroatoms. The molecule has 0 saturated carbocycles. The van der Waals surface area contributed by atoms with Crippen molar-refractivity contribution in [2.24, 2.45) is 0 Å². The number of nitrogens with zero attached hydrogens (tertiary/aromatic N) is 2. The molecule has 0 spiro atoms. The second kappa shape index (κ2) is 11.1. The Kier molecular flexibility index (Phi) is 8.41. The van der Waals surface area contributed by atoms with Crippen molar-refractivity contribution in [2.75, 3.05) is 51.8 Å². The summed E-state index contributed by atoms with van der Waals surface area (Å²) in [6, 6.07) is 10.5. The molecule has 8 nitrogen and oxygen atoms in total. The van der Waals surface area contributed by atoms with Gasteiger partial charge in [-0.1, -0.05) is 18.2 Å². The van der Waals surface area contributed by atoms with Crippen LogP contribution in [0, 0.1) is 12.7 Å². The van der Waals surface area contributed by atoms with E-state index < -0.39 is 21.9 Å². The lowest BCUT2D eigenvalue weighted by molar-refractivity contribution is -0.120. The minimum absolute atomic E-state index is 0.164. The quantitative estimate of drug-likeness (QED) is 0.595. The first-order valence-corrected chi connectivity index (χ1v) is 12.2. The fourth-order valence-corrected chi connectivity index (χ4v) is 5.04. The van der Waals surface area contributed by atoms with E-state index in [1.54, 1.807) is 56.1 Å². The highest BCUT2D eigenvalue weighted by atomic mass is 32.2. The summed E-state index contributed by atoms with van der Waals surface area (Å²) in [7, 11) is -1.92. The minimum atomic E-state index is -3.69. The van der Waals surface area contributed by atoms with E-state index >= 15 is 0 Å². The predicted molar refractivity (Wildman–Crippen MR) is 123 cm³/mol. The number of hydrogen-bond donors (Lipinski definition) is 1. The van der Waals surface area contributed by atoms with Gasteiger partial charge in [-0.2, -0.15) is 4.31 Å². The van der Waals surface area contributed by atoms with Crippen LogP contribution >= 0.6 is 0 Å². The van der Waals surface area contributed by atoms with Crippen LogP contribution in [0.4, 0.5) is 10.1 Å². The van der Waals surface area contributed by atoms with E-state index in [9.17, 15) is 17.6 Å². The normalized spacial score (nSPS) is 15.9. The second-order valence-corrected chi connectivity index (χ2v) is 9.83. The summed E-state index contributed by atoms with van der Waals surface area (Å²) in [5.41, 5.74) is 1.01. The van der Waals surface area contributed by atoms with E-state index in [1.807, 2.05) is 0 Å². The summed E-state index contributed by atoms with van der Waals surface area (Å²) >= 11 is 0. The van der Waals surface area contributed by atoms with E-state index in [0.29, 0.717) is 44.1 Å². The standard InChI is InChI=1S/C23H30FN3O5S/c1-17-8-9-19(16-22(17)33(29,30)27-11-13-31-14-12-27)25-23(28)18(2)26(3)10-15-32-21-7-5-4-6-20(21)24/h4-9,16,18H,10-15H2,1-3H3,(H,25,28)/t18-/m0/s1. The Morgan fingerprint density at radius 1 is 1.24 bits per heavy atom. The van der Waals surface area contributed by atoms with Gasteiger partial charge in [0.25, 0.3) is 0 Å². The van der Waals surface area contributed by atoms with Crippen molar-refractivity contribution in [3.63, 3.8) is 0 Å². The van der Waals surface area contributed by atoms with Gasteiger partial charge < -0.3 is 14.8 Å². The van der Waals surface area contributed by atoms with E-state index in [-0.39, 0.29) is 23.2 Å². The molecular weight excluding hydrogens is 449 g/mol. The van der Waals surface area contributed by atoms with E-state index in [1.165, 1.54) is 16.4 Å². The van der Waals surface area contributed by atoms with Gasteiger partial charge in [-0.15, -0.1) is 0 Å². The number of hydrogen-bond acceptors (Lipinski definition) is 6. The molecule has 33 heavy (non-hydrogen) atoms. The molecule has 180 valence electrons. The third-order valence-electron chi connectivity index (χ3n) is 5.62. The van der Waals surface area contributed by atoms with Gasteiger partial charge in [0.15, 0.2) is 11.6 Å². The zero-order chi connectivity index (χ0) is 24.0. The molecule has 0 aromatic heterocycles. The Balaban J connectivity index is 1.61. The summed E-state index contributed by atoms with van der Waals surface area (Å²) in [6.45, 7) is 5.39. The molecule has 0 unspecified atom stereocenters. The van der Waals surface area contributed by atoms with Gasteiger partial charge in [-0.25, -0.2) is 12.8 Å². The van der Waals surface area contributed by atoms with Crippen molar-refractivity contribution >= 4 is 21.6 Å². The number of anilines is 1. The number of nitrogens with one attached hydrogen (secondary N) is 1. The van der Waals surface area contributed by atoms with Gasteiger partial charge in [-0.3, -0.25) is 9.69 Å². The van der Waals surface area contributed by atoms with Crippen molar-refractivity contribution in [1.82, 2.24) is 9.21 Å². The van der Waals surface area contributed by atoms with Crippen LogP contribution < -0.4 is 10.1 Å². The number of carbonyl (C=O) groups is 1. The van der Waals surface area contributed by atoms with Gasteiger partial charge in [0.05, 0.1) is 24.2 Å². The summed E-state index contributed by atoms with van der Waals surface area (Å²) < 4.78 is 51.9. The van der Waals surface area contributed by atoms with Crippen LogP contribution in [0.2, 0.25) is 0 Å². The molecule has 1 saturated heterocycles. The minimum Gasteiger partial charge on any atom is -0.489 e. The first-order chi connectivity index (χ1) is 15.7. The topological polar surface area (TPSA) is 88.2 Å². The van der Waals surface area contributed by atoms with E-state index in [4.69, 9.17) is 9.47 Å². The van der Waals surface area contributed by atoms with Crippen molar-refractivity contribution in [1.29, 1.82) is 0 Å². The molecule has 1 fully saturated rings. The van der Waals surface area contributed by atoms with Crippen LogP contribution in [0.3, 0.4) is 0 Å². The highest BCUT2D eigenvalue weighted by molar-refractivity contribution is 7.89. The van der Waals surface area contributed by atoms with Crippen molar-refractivity contribution in [2.45, 2.75) is 24.8 Å². The van der Waals surface area contributed by atoms with E-state index in [2.05, 4.69) is 5.32 Å². The molecule has 0 bridgehead atoms. The van der Waals surface area contributed by atoms with Crippen LogP contribution in [-0.2, 0) is 19.6 Å². The van der Waals surface area contributed by atoms with Crippen molar-refractivity contribution in [3.8, 4) is 5.75 Å². The van der Waals surface area contributed by atoms with Crippen LogP contribution in [0.5, 0.6) is 5.75 Å². The molecule has 1 aliphatic heterocycles. The fraction of sp³-hybridized carbons (Fsp3) is 0.435. The number of aryl methyl sites for hydroxylation is 1. The lowest BCUT2D eigenvalue weighted by atomic mass is 10.2. The number of ether oxygens (including phenoxy) is 2. The lowest BCUT2D eigenvalue weighted by Crippen LogP contribution is -2.41.